The zero-order chi connectivity index (χ0) is 33.7. The molecule has 0 radical (unpaired) electrons. The van der Waals surface area contributed by atoms with Crippen LogP contribution in [-0.4, -0.2) is 87.5 Å². The molecule has 3 N–H and O–H groups in total. The van der Waals surface area contributed by atoms with Crippen molar-refractivity contribution in [3.63, 3.8) is 0 Å². The van der Waals surface area contributed by atoms with Gasteiger partial charge >= 0.3 is 5.97 Å². The summed E-state index contributed by atoms with van der Waals surface area (Å²) in [5.74, 6) is -2.65. The molecule has 3 aromatic carbocycles. The lowest BCUT2D eigenvalue weighted by Gasteiger charge is -2.52. The van der Waals surface area contributed by atoms with E-state index in [2.05, 4.69) is 17.3 Å². The lowest BCUT2D eigenvalue weighted by molar-refractivity contribution is -0.386. The van der Waals surface area contributed by atoms with Gasteiger partial charge in [0.2, 0.25) is 17.7 Å². The number of nitrogens with zero attached hydrogens (tertiary/aromatic N) is 4. The van der Waals surface area contributed by atoms with Gasteiger partial charge in [0.1, 0.15) is 29.6 Å². The average molecular weight is 643 g/mol. The Bertz CT molecular complexity index is 1680. The zero-order valence-electron chi connectivity index (χ0n) is 25.6. The van der Waals surface area contributed by atoms with Crippen molar-refractivity contribution in [3.8, 4) is 5.75 Å². The second kappa shape index (κ2) is 14.2. The molecular formula is C33H34N6O8. The third kappa shape index (κ3) is 6.98. The van der Waals surface area contributed by atoms with Crippen molar-refractivity contribution < 1.29 is 33.9 Å². The summed E-state index contributed by atoms with van der Waals surface area (Å²) >= 11 is 0. The number of nitro groups is 1. The van der Waals surface area contributed by atoms with E-state index in [9.17, 15) is 34.4 Å². The molecule has 0 aliphatic carbocycles. The lowest BCUT2D eigenvalue weighted by Crippen LogP contribution is -2.75. The number of methoxy groups -OCH3 is 1. The van der Waals surface area contributed by atoms with Gasteiger partial charge in [0, 0.05) is 19.5 Å². The van der Waals surface area contributed by atoms with Gasteiger partial charge in [0.05, 0.1) is 30.7 Å². The number of amides is 3. The van der Waals surface area contributed by atoms with Crippen LogP contribution in [0, 0.1) is 10.1 Å². The number of rotatable bonds is 11. The number of hydrazine groups is 1. The van der Waals surface area contributed by atoms with Gasteiger partial charge in [-0.1, -0.05) is 54.6 Å². The van der Waals surface area contributed by atoms with Gasteiger partial charge in [-0.15, -0.1) is 6.58 Å². The topological polar surface area (TPSA) is 175 Å². The normalized spacial score (nSPS) is 18.7. The highest BCUT2D eigenvalue weighted by Gasteiger charge is 2.50. The first-order valence-corrected chi connectivity index (χ1v) is 14.8. The Morgan fingerprint density at radius 1 is 1.11 bits per heavy atom. The molecule has 2 aliphatic heterocycles. The molecule has 3 unspecified atom stereocenters. The first kappa shape index (κ1) is 32.8. The molecule has 5 rings (SSSR count). The number of para-hydroxylation sites is 1. The summed E-state index contributed by atoms with van der Waals surface area (Å²) in [4.78, 5) is 69.3. The summed E-state index contributed by atoms with van der Waals surface area (Å²) in [6.07, 6.45) is 0.823. The van der Waals surface area contributed by atoms with Crippen LogP contribution >= 0.6 is 0 Å². The molecule has 244 valence electrons. The third-order valence-electron chi connectivity index (χ3n) is 8.09. The van der Waals surface area contributed by atoms with E-state index in [4.69, 9.17) is 4.74 Å². The van der Waals surface area contributed by atoms with Crippen molar-refractivity contribution in [1.29, 1.82) is 0 Å². The van der Waals surface area contributed by atoms with Crippen LogP contribution in [0.4, 0.5) is 5.69 Å². The van der Waals surface area contributed by atoms with Crippen molar-refractivity contribution in [3.05, 3.63) is 118 Å². The Morgan fingerprint density at radius 2 is 1.83 bits per heavy atom. The number of aromatic hydroxyl groups is 1. The van der Waals surface area contributed by atoms with E-state index in [1.165, 1.54) is 40.1 Å². The smallest absolute Gasteiger partial charge is 0.344 e. The van der Waals surface area contributed by atoms with E-state index in [1.54, 1.807) is 47.5 Å². The van der Waals surface area contributed by atoms with Crippen LogP contribution in [-0.2, 0) is 32.1 Å². The largest absolute Gasteiger partial charge is 0.508 e. The maximum absolute atomic E-state index is 14.5. The zero-order valence-corrected chi connectivity index (χ0v) is 25.6. The molecule has 2 fully saturated rings. The van der Waals surface area contributed by atoms with Gasteiger partial charge in [-0.3, -0.25) is 24.5 Å². The first-order chi connectivity index (χ1) is 22.6. The summed E-state index contributed by atoms with van der Waals surface area (Å²) in [5, 5.41) is 26.8. The SMILES string of the molecule is C=CCN1CC(=O)N2C(CN(C(C(=O)NCc3ccccc3)c3cccc(C(=O)OC)c3[N+](=O)[O-])C(=O)C2Cc2ccc(O)cc2)N1. The molecule has 3 aromatic rings. The molecule has 2 aliphatic rings. The number of nitro benzene ring substituents is 1. The highest BCUT2D eigenvalue weighted by atomic mass is 16.6. The third-order valence-corrected chi connectivity index (χ3v) is 8.09. The van der Waals surface area contributed by atoms with Crippen molar-refractivity contribution in [2.24, 2.45) is 0 Å². The van der Waals surface area contributed by atoms with Crippen molar-refractivity contribution in [1.82, 2.24) is 25.6 Å². The highest BCUT2D eigenvalue weighted by molar-refractivity contribution is 5.98. The molecule has 0 bridgehead atoms. The van der Waals surface area contributed by atoms with Gasteiger partial charge in [-0.2, -0.15) is 0 Å². The summed E-state index contributed by atoms with van der Waals surface area (Å²) < 4.78 is 4.79. The molecule has 0 spiro atoms. The number of hydrogen-bond acceptors (Lipinski definition) is 10. The fourth-order valence-electron chi connectivity index (χ4n) is 5.98. The summed E-state index contributed by atoms with van der Waals surface area (Å²) in [5.41, 5.74) is 3.36. The van der Waals surface area contributed by atoms with Crippen molar-refractivity contribution in [2.75, 3.05) is 26.7 Å². The van der Waals surface area contributed by atoms with Gasteiger partial charge < -0.3 is 25.0 Å². The second-order valence-electron chi connectivity index (χ2n) is 11.1. The summed E-state index contributed by atoms with van der Waals surface area (Å²) in [6, 6.07) is 16.4. The minimum Gasteiger partial charge on any atom is -0.508 e. The van der Waals surface area contributed by atoms with E-state index in [1.807, 2.05) is 6.07 Å². The second-order valence-corrected chi connectivity index (χ2v) is 11.1. The summed E-state index contributed by atoms with van der Waals surface area (Å²) in [7, 11) is 1.08. The Labute approximate surface area is 270 Å². The minimum atomic E-state index is -1.58. The standard InChI is InChI=1S/C33H34N6O8/c1-3-16-36-20-28(41)38-26(17-21-12-14-23(40)15-13-21)32(43)37(19-27(38)35-36)30(31(42)34-18-22-8-5-4-6-9-22)24-10-7-11-25(33(44)47-2)29(24)39(45)46/h3-15,26-27,30,35,40H,1,16-20H2,2H3,(H,34,42). The maximum Gasteiger partial charge on any atom is 0.344 e. The number of ether oxygens (including phenoxy) is 1. The Morgan fingerprint density at radius 3 is 2.49 bits per heavy atom. The Hall–Kier alpha value is -5.60. The number of carbonyl (C=O) groups excluding carboxylic acids is 4. The molecule has 14 heteroatoms. The molecule has 2 heterocycles. The number of piperazine rings is 1. The number of benzene rings is 3. The first-order valence-electron chi connectivity index (χ1n) is 14.8. The predicted octanol–water partition coefficient (Wildman–Crippen LogP) is 2.06. The van der Waals surface area contributed by atoms with E-state index in [0.29, 0.717) is 12.1 Å². The molecule has 3 amide bonds. The predicted molar refractivity (Wildman–Crippen MR) is 168 cm³/mol. The van der Waals surface area contributed by atoms with Gasteiger partial charge in [0.15, 0.2) is 0 Å². The molecule has 47 heavy (non-hydrogen) atoms. The van der Waals surface area contributed by atoms with E-state index in [-0.39, 0.29) is 48.8 Å². The molecular weight excluding hydrogens is 608 g/mol. The maximum atomic E-state index is 14.5. The Kier molecular flexibility index (Phi) is 9.92. The monoisotopic (exact) mass is 642 g/mol. The number of phenolic OH excluding ortho intramolecular Hbond substituents is 1. The number of carbonyl (C=O) groups is 4. The van der Waals surface area contributed by atoms with Crippen LogP contribution in [0.2, 0.25) is 0 Å². The Balaban J connectivity index is 1.62. The number of fused-ring (bicyclic) bond motifs is 1. The average Bonchev–Trinajstić information content (AvgIpc) is 3.06. The van der Waals surface area contributed by atoms with Crippen LogP contribution in [0.1, 0.15) is 33.1 Å². The van der Waals surface area contributed by atoms with E-state index >= 15 is 0 Å². The van der Waals surface area contributed by atoms with Crippen LogP contribution in [0.15, 0.2) is 85.5 Å². The summed E-state index contributed by atoms with van der Waals surface area (Å²) in [6.45, 7) is 3.83. The van der Waals surface area contributed by atoms with Gasteiger partial charge in [0.25, 0.3) is 5.69 Å². The molecule has 2 saturated heterocycles. The van der Waals surface area contributed by atoms with Crippen molar-refractivity contribution in [2.45, 2.75) is 31.2 Å². The van der Waals surface area contributed by atoms with Crippen molar-refractivity contribution >= 4 is 29.4 Å². The highest BCUT2D eigenvalue weighted by Crippen LogP contribution is 2.36. The van der Waals surface area contributed by atoms with Crippen LogP contribution < -0.4 is 10.7 Å². The minimum absolute atomic E-state index is 0.0203. The quantitative estimate of drug-likeness (QED) is 0.122. The van der Waals surface area contributed by atoms with Crippen LogP contribution in [0.5, 0.6) is 5.75 Å². The number of nitrogens with one attached hydrogen (secondary N) is 2. The van der Waals surface area contributed by atoms with Gasteiger partial charge in [-0.05, 0) is 35.4 Å². The van der Waals surface area contributed by atoms with E-state index in [0.717, 1.165) is 12.7 Å². The number of esters is 1. The molecule has 14 nitrogen and oxygen atoms in total. The molecule has 0 aromatic heterocycles. The lowest BCUT2D eigenvalue weighted by atomic mass is 9.93. The fraction of sp³-hybridized carbons (Fsp3) is 0.273. The van der Waals surface area contributed by atoms with E-state index < -0.39 is 46.6 Å². The molecule has 3 atom stereocenters. The fourth-order valence-corrected chi connectivity index (χ4v) is 5.98. The van der Waals surface area contributed by atoms with Crippen LogP contribution in [0.25, 0.3) is 0 Å². The van der Waals surface area contributed by atoms with Gasteiger partial charge in [-0.25, -0.2) is 15.2 Å². The number of hydrogen-bond donors (Lipinski definition) is 3. The van der Waals surface area contributed by atoms with Crippen LogP contribution in [0.3, 0.4) is 0 Å². The molecule has 0 saturated carbocycles. The number of phenols is 1.